The van der Waals surface area contributed by atoms with Crippen LogP contribution in [0.4, 0.5) is 0 Å². The van der Waals surface area contributed by atoms with Crippen molar-refractivity contribution in [3.05, 3.63) is 71.9 Å². The number of benzene rings is 2. The summed E-state index contributed by atoms with van der Waals surface area (Å²) in [5, 5.41) is 1.13. The molecule has 0 spiro atoms. The van der Waals surface area contributed by atoms with E-state index < -0.39 is 0 Å². The topological polar surface area (TPSA) is 48.1 Å². The van der Waals surface area contributed by atoms with Gasteiger partial charge in [0, 0.05) is 23.2 Å². The van der Waals surface area contributed by atoms with Crippen molar-refractivity contribution in [2.45, 2.75) is 19.6 Å². The molecular formula is C18H18N2O. The van der Waals surface area contributed by atoms with Crippen molar-refractivity contribution in [1.82, 2.24) is 4.98 Å². The molecule has 1 aromatic heterocycles. The number of fused-ring (bicyclic) bond motifs is 1. The number of nitrogens with two attached hydrogens (primary N) is 1. The molecule has 3 nitrogen and oxygen atoms in total. The highest BCUT2D eigenvalue weighted by atomic mass is 16.5. The van der Waals surface area contributed by atoms with E-state index in [-0.39, 0.29) is 6.04 Å². The SMILES string of the molecule is C[C@@H](N)c1ccc(OCc2cccc3cccnc23)cc1. The maximum atomic E-state index is 5.85. The number of aromatic nitrogens is 1. The van der Waals surface area contributed by atoms with Crippen LogP contribution in [-0.4, -0.2) is 4.98 Å². The minimum absolute atomic E-state index is 0.0429. The Hall–Kier alpha value is -2.39. The molecule has 2 N–H and O–H groups in total. The van der Waals surface area contributed by atoms with Crippen LogP contribution in [0.1, 0.15) is 24.1 Å². The number of hydrogen-bond donors (Lipinski definition) is 1. The summed E-state index contributed by atoms with van der Waals surface area (Å²) in [6, 6.07) is 18.1. The molecule has 0 aliphatic carbocycles. The standard InChI is InChI=1S/C18H18N2O/c1-13(19)14-7-9-17(10-8-14)21-12-16-5-2-4-15-6-3-11-20-18(15)16/h2-11,13H,12,19H2,1H3/t13-/m1/s1. The molecule has 3 aromatic rings. The second-order valence-electron chi connectivity index (χ2n) is 5.14. The molecule has 0 radical (unpaired) electrons. The predicted molar refractivity (Wildman–Crippen MR) is 85.1 cm³/mol. The van der Waals surface area contributed by atoms with Crippen LogP contribution in [0.2, 0.25) is 0 Å². The molecule has 0 saturated carbocycles. The summed E-state index contributed by atoms with van der Waals surface area (Å²) >= 11 is 0. The molecule has 21 heavy (non-hydrogen) atoms. The molecule has 1 atom stereocenters. The molecule has 0 aliphatic heterocycles. The van der Waals surface area contributed by atoms with E-state index in [0.29, 0.717) is 6.61 Å². The third-order valence-corrected chi connectivity index (χ3v) is 3.52. The van der Waals surface area contributed by atoms with Crippen LogP contribution in [0, 0.1) is 0 Å². The second-order valence-corrected chi connectivity index (χ2v) is 5.14. The van der Waals surface area contributed by atoms with Crippen LogP contribution in [0.15, 0.2) is 60.8 Å². The van der Waals surface area contributed by atoms with Crippen molar-refractivity contribution in [3.8, 4) is 5.75 Å². The van der Waals surface area contributed by atoms with Crippen LogP contribution < -0.4 is 10.5 Å². The van der Waals surface area contributed by atoms with Gasteiger partial charge in [0.05, 0.1) is 5.52 Å². The highest BCUT2D eigenvalue weighted by Gasteiger charge is 2.04. The van der Waals surface area contributed by atoms with Gasteiger partial charge < -0.3 is 10.5 Å². The first-order valence-corrected chi connectivity index (χ1v) is 7.05. The van der Waals surface area contributed by atoms with Gasteiger partial charge in [0.25, 0.3) is 0 Å². The Morgan fingerprint density at radius 2 is 1.81 bits per heavy atom. The summed E-state index contributed by atoms with van der Waals surface area (Å²) in [5.74, 6) is 0.840. The molecule has 0 amide bonds. The van der Waals surface area contributed by atoms with Gasteiger partial charge in [0.1, 0.15) is 12.4 Å². The van der Waals surface area contributed by atoms with E-state index in [1.807, 2.05) is 55.6 Å². The number of para-hydroxylation sites is 1. The third-order valence-electron chi connectivity index (χ3n) is 3.52. The summed E-state index contributed by atoms with van der Waals surface area (Å²) in [6.45, 7) is 2.48. The molecule has 3 rings (SSSR count). The molecule has 1 heterocycles. The van der Waals surface area contributed by atoms with E-state index in [1.165, 1.54) is 0 Å². The lowest BCUT2D eigenvalue weighted by atomic mass is 10.1. The normalized spacial score (nSPS) is 12.3. The van der Waals surface area contributed by atoms with Gasteiger partial charge in [-0.25, -0.2) is 0 Å². The summed E-state index contributed by atoms with van der Waals surface area (Å²) in [5.41, 5.74) is 9.03. The number of hydrogen-bond acceptors (Lipinski definition) is 3. The van der Waals surface area contributed by atoms with Crippen LogP contribution in [0.5, 0.6) is 5.75 Å². The van der Waals surface area contributed by atoms with Crippen LogP contribution in [0.25, 0.3) is 10.9 Å². The maximum absolute atomic E-state index is 5.85. The van der Waals surface area contributed by atoms with Gasteiger partial charge in [-0.1, -0.05) is 36.4 Å². The fraction of sp³-hybridized carbons (Fsp3) is 0.167. The quantitative estimate of drug-likeness (QED) is 0.789. The molecule has 106 valence electrons. The minimum atomic E-state index is 0.0429. The van der Waals surface area contributed by atoms with Gasteiger partial charge in [-0.05, 0) is 30.7 Å². The zero-order valence-electron chi connectivity index (χ0n) is 12.0. The van der Waals surface area contributed by atoms with Crippen LogP contribution >= 0.6 is 0 Å². The lowest BCUT2D eigenvalue weighted by Crippen LogP contribution is -2.04. The zero-order valence-corrected chi connectivity index (χ0v) is 12.0. The average molecular weight is 278 g/mol. The highest BCUT2D eigenvalue weighted by molar-refractivity contribution is 5.81. The molecule has 0 aliphatic rings. The lowest BCUT2D eigenvalue weighted by Gasteiger charge is -2.10. The van der Waals surface area contributed by atoms with Gasteiger partial charge in [-0.2, -0.15) is 0 Å². The Bertz CT molecular complexity index is 730. The molecule has 0 fully saturated rings. The van der Waals surface area contributed by atoms with E-state index in [2.05, 4.69) is 17.1 Å². The van der Waals surface area contributed by atoms with Gasteiger partial charge >= 0.3 is 0 Å². The first-order valence-electron chi connectivity index (χ1n) is 7.05. The van der Waals surface area contributed by atoms with Gasteiger partial charge in [-0.3, -0.25) is 4.98 Å². The van der Waals surface area contributed by atoms with Crippen molar-refractivity contribution < 1.29 is 4.74 Å². The van der Waals surface area contributed by atoms with E-state index in [9.17, 15) is 0 Å². The largest absolute Gasteiger partial charge is 0.489 e. The Morgan fingerprint density at radius 3 is 2.57 bits per heavy atom. The van der Waals surface area contributed by atoms with Crippen molar-refractivity contribution in [1.29, 1.82) is 0 Å². The van der Waals surface area contributed by atoms with E-state index in [4.69, 9.17) is 10.5 Å². The Morgan fingerprint density at radius 1 is 1.05 bits per heavy atom. The fourth-order valence-electron chi connectivity index (χ4n) is 2.31. The number of rotatable bonds is 4. The van der Waals surface area contributed by atoms with E-state index in [1.54, 1.807) is 0 Å². The Labute approximate surface area is 124 Å². The monoisotopic (exact) mass is 278 g/mol. The minimum Gasteiger partial charge on any atom is -0.489 e. The molecule has 3 heteroatoms. The summed E-state index contributed by atoms with van der Waals surface area (Å²) in [6.07, 6.45) is 1.81. The predicted octanol–water partition coefficient (Wildman–Crippen LogP) is 3.83. The highest BCUT2D eigenvalue weighted by Crippen LogP contribution is 2.20. The maximum Gasteiger partial charge on any atom is 0.119 e. The number of pyridine rings is 1. The summed E-state index contributed by atoms with van der Waals surface area (Å²) in [7, 11) is 0. The molecule has 0 bridgehead atoms. The zero-order chi connectivity index (χ0) is 14.7. The van der Waals surface area contributed by atoms with E-state index in [0.717, 1.165) is 27.8 Å². The molecular weight excluding hydrogens is 260 g/mol. The van der Waals surface area contributed by atoms with Gasteiger partial charge in [0.2, 0.25) is 0 Å². The first-order chi connectivity index (χ1) is 10.2. The van der Waals surface area contributed by atoms with Gasteiger partial charge in [-0.15, -0.1) is 0 Å². The third kappa shape index (κ3) is 3.03. The van der Waals surface area contributed by atoms with Crippen molar-refractivity contribution >= 4 is 10.9 Å². The summed E-state index contributed by atoms with van der Waals surface area (Å²) < 4.78 is 5.85. The van der Waals surface area contributed by atoms with Crippen molar-refractivity contribution in [3.63, 3.8) is 0 Å². The van der Waals surface area contributed by atoms with Crippen LogP contribution in [0.3, 0.4) is 0 Å². The second kappa shape index (κ2) is 5.94. The molecule has 2 aromatic carbocycles. The smallest absolute Gasteiger partial charge is 0.119 e. The average Bonchev–Trinajstić information content (AvgIpc) is 2.53. The first kappa shape index (κ1) is 13.6. The number of ether oxygens (including phenoxy) is 1. The van der Waals surface area contributed by atoms with Gasteiger partial charge in [0.15, 0.2) is 0 Å². The van der Waals surface area contributed by atoms with E-state index >= 15 is 0 Å². The van der Waals surface area contributed by atoms with Crippen LogP contribution in [-0.2, 0) is 6.61 Å². The number of nitrogens with zero attached hydrogens (tertiary/aromatic N) is 1. The molecule has 0 saturated heterocycles. The van der Waals surface area contributed by atoms with Crippen molar-refractivity contribution in [2.75, 3.05) is 0 Å². The Kier molecular flexibility index (Phi) is 3.84. The lowest BCUT2D eigenvalue weighted by molar-refractivity contribution is 0.307. The molecule has 0 unspecified atom stereocenters. The Balaban J connectivity index is 1.77. The summed E-state index contributed by atoms with van der Waals surface area (Å²) in [4.78, 5) is 4.43. The van der Waals surface area contributed by atoms with Crippen molar-refractivity contribution in [2.24, 2.45) is 5.73 Å². The fourth-order valence-corrected chi connectivity index (χ4v) is 2.31.